The van der Waals surface area contributed by atoms with Crippen molar-refractivity contribution < 1.29 is 14.3 Å². The number of nitrogens with one attached hydrogen (secondary N) is 1. The molecule has 0 radical (unpaired) electrons. The molecule has 5 nitrogen and oxygen atoms in total. The summed E-state index contributed by atoms with van der Waals surface area (Å²) in [5, 5.41) is 2.93. The number of rotatable bonds is 3. The Labute approximate surface area is 126 Å². The molecule has 1 fully saturated rings. The van der Waals surface area contributed by atoms with Crippen molar-refractivity contribution in [1.29, 1.82) is 0 Å². The Kier molecular flexibility index (Phi) is 4.60. The Balaban J connectivity index is 1.90. The lowest BCUT2D eigenvalue weighted by Crippen LogP contribution is -2.40. The summed E-state index contributed by atoms with van der Waals surface area (Å²) in [5.74, 6) is 0.844. The third-order valence-electron chi connectivity index (χ3n) is 3.33. The number of ether oxygens (including phenoxy) is 2. The molecule has 1 N–H and O–H groups in total. The van der Waals surface area contributed by atoms with Gasteiger partial charge in [-0.15, -0.1) is 0 Å². The number of hydrogen-bond donors (Lipinski definition) is 1. The van der Waals surface area contributed by atoms with Crippen molar-refractivity contribution in [3.05, 3.63) is 24.3 Å². The van der Waals surface area contributed by atoms with E-state index in [1.54, 1.807) is 7.11 Å². The van der Waals surface area contributed by atoms with Crippen LogP contribution in [-0.4, -0.2) is 37.9 Å². The molecule has 21 heavy (non-hydrogen) atoms. The maximum absolute atomic E-state index is 11.8. The SMILES string of the molecule is COc1cccc(N2CC[C@H](NC(=O)OC(C)(C)C)C2)c1. The molecule has 0 bridgehead atoms. The summed E-state index contributed by atoms with van der Waals surface area (Å²) in [6.07, 6.45) is 0.566. The van der Waals surface area contributed by atoms with E-state index in [0.717, 1.165) is 30.9 Å². The fourth-order valence-corrected chi connectivity index (χ4v) is 2.39. The lowest BCUT2D eigenvalue weighted by molar-refractivity contribution is 0.0509. The molecule has 0 aliphatic carbocycles. The van der Waals surface area contributed by atoms with E-state index in [4.69, 9.17) is 9.47 Å². The fourth-order valence-electron chi connectivity index (χ4n) is 2.39. The highest BCUT2D eigenvalue weighted by Gasteiger charge is 2.26. The van der Waals surface area contributed by atoms with Gasteiger partial charge < -0.3 is 19.7 Å². The average Bonchev–Trinajstić information content (AvgIpc) is 2.85. The summed E-state index contributed by atoms with van der Waals surface area (Å²) in [6.45, 7) is 7.29. The first kappa shape index (κ1) is 15.5. The zero-order chi connectivity index (χ0) is 15.5. The van der Waals surface area contributed by atoms with Crippen molar-refractivity contribution in [2.75, 3.05) is 25.1 Å². The zero-order valence-corrected chi connectivity index (χ0v) is 13.2. The summed E-state index contributed by atoms with van der Waals surface area (Å²) in [4.78, 5) is 14.0. The van der Waals surface area contributed by atoms with E-state index >= 15 is 0 Å². The number of benzene rings is 1. The number of carbonyl (C=O) groups excluding carboxylic acids is 1. The van der Waals surface area contributed by atoms with E-state index in [1.165, 1.54) is 0 Å². The smallest absolute Gasteiger partial charge is 0.407 e. The van der Waals surface area contributed by atoms with Gasteiger partial charge in [0.25, 0.3) is 0 Å². The van der Waals surface area contributed by atoms with Crippen molar-refractivity contribution >= 4 is 11.8 Å². The maximum Gasteiger partial charge on any atom is 0.407 e. The van der Waals surface area contributed by atoms with Crippen molar-refractivity contribution in [3.63, 3.8) is 0 Å². The minimum absolute atomic E-state index is 0.117. The first-order chi connectivity index (χ1) is 9.87. The van der Waals surface area contributed by atoms with Crippen LogP contribution in [0, 0.1) is 0 Å². The molecule has 1 saturated heterocycles. The molecule has 1 aromatic rings. The predicted octanol–water partition coefficient (Wildman–Crippen LogP) is 2.80. The van der Waals surface area contributed by atoms with Crippen LogP contribution >= 0.6 is 0 Å². The normalized spacial score (nSPS) is 18.5. The van der Waals surface area contributed by atoms with Gasteiger partial charge in [0, 0.05) is 24.8 Å². The summed E-state index contributed by atoms with van der Waals surface area (Å²) in [6, 6.07) is 8.08. The van der Waals surface area contributed by atoms with Crippen LogP contribution in [-0.2, 0) is 4.74 Å². The van der Waals surface area contributed by atoms with E-state index < -0.39 is 5.60 Å². The highest BCUT2D eigenvalue weighted by molar-refractivity contribution is 5.68. The second kappa shape index (κ2) is 6.24. The number of amides is 1. The number of anilines is 1. The van der Waals surface area contributed by atoms with Gasteiger partial charge >= 0.3 is 6.09 Å². The molecule has 1 aliphatic heterocycles. The van der Waals surface area contributed by atoms with Crippen LogP contribution in [0.3, 0.4) is 0 Å². The summed E-state index contributed by atoms with van der Waals surface area (Å²) < 4.78 is 10.5. The first-order valence-corrected chi connectivity index (χ1v) is 7.26. The predicted molar refractivity (Wildman–Crippen MR) is 83.0 cm³/mol. The molecule has 0 saturated carbocycles. The summed E-state index contributed by atoms with van der Waals surface area (Å²) in [7, 11) is 1.66. The van der Waals surface area contributed by atoms with Gasteiger partial charge in [-0.2, -0.15) is 0 Å². The van der Waals surface area contributed by atoms with Crippen LogP contribution in [0.2, 0.25) is 0 Å². The monoisotopic (exact) mass is 292 g/mol. The Hall–Kier alpha value is -1.91. The second-order valence-electron chi connectivity index (χ2n) is 6.28. The Morgan fingerprint density at radius 2 is 2.14 bits per heavy atom. The van der Waals surface area contributed by atoms with E-state index in [0.29, 0.717) is 0 Å². The Bertz CT molecular complexity index is 497. The minimum Gasteiger partial charge on any atom is -0.497 e. The van der Waals surface area contributed by atoms with E-state index in [-0.39, 0.29) is 12.1 Å². The molecule has 5 heteroatoms. The molecule has 1 amide bonds. The largest absolute Gasteiger partial charge is 0.497 e. The number of carbonyl (C=O) groups is 1. The minimum atomic E-state index is -0.463. The van der Waals surface area contributed by atoms with Gasteiger partial charge in [-0.05, 0) is 39.3 Å². The summed E-state index contributed by atoms with van der Waals surface area (Å²) >= 11 is 0. The Morgan fingerprint density at radius 3 is 2.81 bits per heavy atom. The number of hydrogen-bond acceptors (Lipinski definition) is 4. The zero-order valence-electron chi connectivity index (χ0n) is 13.2. The third kappa shape index (κ3) is 4.55. The molecule has 1 aromatic carbocycles. The van der Waals surface area contributed by atoms with Gasteiger partial charge in [0.2, 0.25) is 0 Å². The highest BCUT2D eigenvalue weighted by Crippen LogP contribution is 2.24. The quantitative estimate of drug-likeness (QED) is 0.930. The van der Waals surface area contributed by atoms with Crippen LogP contribution in [0.25, 0.3) is 0 Å². The molecule has 1 atom stereocenters. The van der Waals surface area contributed by atoms with Gasteiger partial charge in [-0.25, -0.2) is 4.79 Å². The highest BCUT2D eigenvalue weighted by atomic mass is 16.6. The van der Waals surface area contributed by atoms with Gasteiger partial charge in [0.1, 0.15) is 11.4 Å². The first-order valence-electron chi connectivity index (χ1n) is 7.26. The van der Waals surface area contributed by atoms with Gasteiger partial charge in [0.05, 0.1) is 13.2 Å². The molecule has 0 spiro atoms. The van der Waals surface area contributed by atoms with E-state index in [2.05, 4.69) is 16.3 Å². The van der Waals surface area contributed by atoms with Crippen LogP contribution in [0.5, 0.6) is 5.75 Å². The van der Waals surface area contributed by atoms with Crippen molar-refractivity contribution in [2.24, 2.45) is 0 Å². The van der Waals surface area contributed by atoms with Gasteiger partial charge in [-0.1, -0.05) is 6.07 Å². The number of nitrogens with zero attached hydrogens (tertiary/aromatic N) is 1. The number of methoxy groups -OCH3 is 1. The Morgan fingerprint density at radius 1 is 1.38 bits per heavy atom. The average molecular weight is 292 g/mol. The van der Waals surface area contributed by atoms with Crippen LogP contribution < -0.4 is 15.0 Å². The topological polar surface area (TPSA) is 50.8 Å². The molecule has 0 aromatic heterocycles. The fraction of sp³-hybridized carbons (Fsp3) is 0.562. The van der Waals surface area contributed by atoms with Crippen LogP contribution in [0.15, 0.2) is 24.3 Å². The molecule has 1 aliphatic rings. The molecular formula is C16H24N2O3. The lowest BCUT2D eigenvalue weighted by Gasteiger charge is -2.22. The van der Waals surface area contributed by atoms with Crippen LogP contribution in [0.1, 0.15) is 27.2 Å². The van der Waals surface area contributed by atoms with E-state index in [9.17, 15) is 4.79 Å². The lowest BCUT2D eigenvalue weighted by atomic mass is 10.2. The molecule has 0 unspecified atom stereocenters. The van der Waals surface area contributed by atoms with Crippen LogP contribution in [0.4, 0.5) is 10.5 Å². The molecule has 1 heterocycles. The van der Waals surface area contributed by atoms with E-state index in [1.807, 2.05) is 39.0 Å². The molecule has 116 valence electrons. The standard InChI is InChI=1S/C16H24N2O3/c1-16(2,3)21-15(19)17-12-8-9-18(11-12)13-6-5-7-14(10-13)20-4/h5-7,10,12H,8-9,11H2,1-4H3,(H,17,19)/t12-/m0/s1. The molecule has 2 rings (SSSR count). The van der Waals surface area contributed by atoms with Gasteiger partial charge in [-0.3, -0.25) is 0 Å². The number of alkyl carbamates (subject to hydrolysis) is 1. The van der Waals surface area contributed by atoms with Gasteiger partial charge in [0.15, 0.2) is 0 Å². The molecular weight excluding hydrogens is 268 g/mol. The van der Waals surface area contributed by atoms with Crippen molar-refractivity contribution in [2.45, 2.75) is 38.8 Å². The maximum atomic E-state index is 11.8. The second-order valence-corrected chi connectivity index (χ2v) is 6.28. The third-order valence-corrected chi connectivity index (χ3v) is 3.33. The van der Waals surface area contributed by atoms with Crippen molar-refractivity contribution in [3.8, 4) is 5.75 Å². The summed E-state index contributed by atoms with van der Waals surface area (Å²) in [5.41, 5.74) is 0.651. The van der Waals surface area contributed by atoms with Crippen molar-refractivity contribution in [1.82, 2.24) is 5.32 Å².